The lowest BCUT2D eigenvalue weighted by Gasteiger charge is -2.18. The van der Waals surface area contributed by atoms with Crippen molar-refractivity contribution in [2.24, 2.45) is 5.92 Å². The van der Waals surface area contributed by atoms with Gasteiger partial charge in [-0.3, -0.25) is 0 Å². The summed E-state index contributed by atoms with van der Waals surface area (Å²) in [5, 5.41) is 0. The first kappa shape index (κ1) is 10.3. The van der Waals surface area contributed by atoms with Crippen LogP contribution in [0, 0.1) is 12.8 Å². The van der Waals surface area contributed by atoms with Crippen LogP contribution in [0.4, 0.5) is 0 Å². The van der Waals surface area contributed by atoms with E-state index < -0.39 is 0 Å². The van der Waals surface area contributed by atoms with Crippen molar-refractivity contribution in [2.75, 3.05) is 0 Å². The number of benzene rings is 1. The van der Waals surface area contributed by atoms with Gasteiger partial charge >= 0.3 is 0 Å². The molecule has 0 spiro atoms. The first-order valence-electron chi connectivity index (χ1n) is 5.70. The molecule has 1 aromatic carbocycles. The van der Waals surface area contributed by atoms with Crippen molar-refractivity contribution in [1.82, 2.24) is 0 Å². The number of hydrogen-bond donors (Lipinski definition) is 0. The van der Waals surface area contributed by atoms with Gasteiger partial charge in [0.2, 0.25) is 0 Å². The lowest BCUT2D eigenvalue weighted by atomic mass is 9.93. The SMILES string of the molecule is CCC[C@@H]1C=CO[C@H]1c1ccc(C)cc1. The summed E-state index contributed by atoms with van der Waals surface area (Å²) in [4.78, 5) is 0. The second-order valence-corrected chi connectivity index (χ2v) is 4.25. The van der Waals surface area contributed by atoms with Gasteiger partial charge in [-0.1, -0.05) is 43.2 Å². The van der Waals surface area contributed by atoms with Crippen molar-refractivity contribution in [3.8, 4) is 0 Å². The van der Waals surface area contributed by atoms with Crippen LogP contribution in [-0.2, 0) is 4.74 Å². The first-order valence-corrected chi connectivity index (χ1v) is 5.70. The van der Waals surface area contributed by atoms with Gasteiger partial charge in [0, 0.05) is 5.92 Å². The minimum absolute atomic E-state index is 0.241. The van der Waals surface area contributed by atoms with Crippen molar-refractivity contribution in [3.63, 3.8) is 0 Å². The quantitative estimate of drug-likeness (QED) is 0.720. The van der Waals surface area contributed by atoms with Gasteiger partial charge in [-0.05, 0) is 25.0 Å². The fourth-order valence-electron chi connectivity index (χ4n) is 2.10. The summed E-state index contributed by atoms with van der Waals surface area (Å²) in [5.74, 6) is 0.553. The first-order chi connectivity index (χ1) is 7.31. The lowest BCUT2D eigenvalue weighted by Crippen LogP contribution is -2.07. The van der Waals surface area contributed by atoms with Crippen LogP contribution in [0.5, 0.6) is 0 Å². The molecule has 0 radical (unpaired) electrons. The number of hydrogen-bond acceptors (Lipinski definition) is 1. The van der Waals surface area contributed by atoms with Gasteiger partial charge < -0.3 is 4.74 Å². The zero-order chi connectivity index (χ0) is 10.7. The van der Waals surface area contributed by atoms with Crippen LogP contribution in [0.1, 0.15) is 37.0 Å². The second kappa shape index (κ2) is 4.52. The fraction of sp³-hybridized carbons (Fsp3) is 0.429. The van der Waals surface area contributed by atoms with Crippen molar-refractivity contribution in [1.29, 1.82) is 0 Å². The standard InChI is InChI=1S/C14H18O/c1-3-4-12-9-10-15-14(12)13-7-5-11(2)6-8-13/h5-10,12,14H,3-4H2,1-2H3/t12-,14-/m1/s1. The van der Waals surface area contributed by atoms with Crippen LogP contribution in [-0.4, -0.2) is 0 Å². The molecule has 1 aromatic rings. The summed E-state index contributed by atoms with van der Waals surface area (Å²) >= 11 is 0. The van der Waals surface area contributed by atoms with E-state index in [2.05, 4.69) is 44.2 Å². The molecular formula is C14H18O. The van der Waals surface area contributed by atoms with Crippen molar-refractivity contribution < 1.29 is 4.74 Å². The molecule has 2 atom stereocenters. The van der Waals surface area contributed by atoms with Gasteiger partial charge in [0.05, 0.1) is 6.26 Å². The highest BCUT2D eigenvalue weighted by molar-refractivity contribution is 5.25. The summed E-state index contributed by atoms with van der Waals surface area (Å²) in [7, 11) is 0. The molecule has 0 aliphatic carbocycles. The van der Waals surface area contributed by atoms with Crippen LogP contribution < -0.4 is 0 Å². The molecule has 15 heavy (non-hydrogen) atoms. The van der Waals surface area contributed by atoms with Crippen LogP contribution in [0.3, 0.4) is 0 Å². The molecule has 0 aromatic heterocycles. The largest absolute Gasteiger partial charge is 0.493 e. The Morgan fingerprint density at radius 3 is 2.60 bits per heavy atom. The zero-order valence-electron chi connectivity index (χ0n) is 9.44. The number of ether oxygens (including phenoxy) is 1. The molecule has 80 valence electrons. The monoisotopic (exact) mass is 202 g/mol. The van der Waals surface area contributed by atoms with E-state index in [1.165, 1.54) is 24.0 Å². The fourth-order valence-corrected chi connectivity index (χ4v) is 2.10. The zero-order valence-corrected chi connectivity index (χ0v) is 9.44. The van der Waals surface area contributed by atoms with Crippen LogP contribution >= 0.6 is 0 Å². The number of rotatable bonds is 3. The highest BCUT2D eigenvalue weighted by Gasteiger charge is 2.25. The van der Waals surface area contributed by atoms with E-state index in [0.717, 1.165) is 0 Å². The van der Waals surface area contributed by atoms with E-state index in [1.807, 2.05) is 6.26 Å². The van der Waals surface area contributed by atoms with Gasteiger partial charge in [0.15, 0.2) is 0 Å². The van der Waals surface area contributed by atoms with E-state index in [9.17, 15) is 0 Å². The maximum atomic E-state index is 5.66. The Morgan fingerprint density at radius 1 is 1.20 bits per heavy atom. The van der Waals surface area contributed by atoms with Crippen LogP contribution in [0.15, 0.2) is 36.6 Å². The molecule has 0 unspecified atom stereocenters. The molecule has 0 saturated heterocycles. The summed E-state index contributed by atoms with van der Waals surface area (Å²) in [5.41, 5.74) is 2.60. The molecule has 1 aliphatic heterocycles. The van der Waals surface area contributed by atoms with Crippen molar-refractivity contribution in [3.05, 3.63) is 47.7 Å². The molecule has 0 N–H and O–H groups in total. The summed E-state index contributed by atoms with van der Waals surface area (Å²) in [6, 6.07) is 8.66. The van der Waals surface area contributed by atoms with E-state index in [1.54, 1.807) is 0 Å². The lowest BCUT2D eigenvalue weighted by molar-refractivity contribution is 0.132. The molecule has 1 aliphatic rings. The van der Waals surface area contributed by atoms with Gasteiger partial charge in [-0.15, -0.1) is 0 Å². The molecule has 0 amide bonds. The third-order valence-corrected chi connectivity index (χ3v) is 2.97. The normalized spacial score (nSPS) is 24.1. The maximum Gasteiger partial charge on any atom is 0.129 e. The Labute approximate surface area is 91.8 Å². The smallest absolute Gasteiger partial charge is 0.129 e. The summed E-state index contributed by atoms with van der Waals surface area (Å²) in [6.07, 6.45) is 6.69. The number of aryl methyl sites for hydroxylation is 1. The highest BCUT2D eigenvalue weighted by atomic mass is 16.5. The molecule has 2 rings (SSSR count). The Kier molecular flexibility index (Phi) is 3.10. The molecule has 0 saturated carbocycles. The molecular weight excluding hydrogens is 184 g/mol. The predicted octanol–water partition coefficient (Wildman–Crippen LogP) is 4.00. The molecule has 1 heteroatoms. The molecule has 1 nitrogen and oxygen atoms in total. The summed E-state index contributed by atoms with van der Waals surface area (Å²) < 4.78 is 5.66. The topological polar surface area (TPSA) is 9.23 Å². The third kappa shape index (κ3) is 2.23. The predicted molar refractivity (Wildman–Crippen MR) is 62.5 cm³/mol. The molecule has 1 heterocycles. The summed E-state index contributed by atoms with van der Waals surface area (Å²) in [6.45, 7) is 4.33. The second-order valence-electron chi connectivity index (χ2n) is 4.25. The minimum atomic E-state index is 0.241. The van der Waals surface area contributed by atoms with E-state index in [-0.39, 0.29) is 6.10 Å². The van der Waals surface area contributed by atoms with Gasteiger partial charge in [-0.25, -0.2) is 0 Å². The van der Waals surface area contributed by atoms with E-state index in [0.29, 0.717) is 5.92 Å². The molecule has 0 bridgehead atoms. The van der Waals surface area contributed by atoms with Crippen LogP contribution in [0.2, 0.25) is 0 Å². The van der Waals surface area contributed by atoms with E-state index >= 15 is 0 Å². The minimum Gasteiger partial charge on any atom is -0.493 e. The van der Waals surface area contributed by atoms with E-state index in [4.69, 9.17) is 4.74 Å². The maximum absolute atomic E-state index is 5.66. The van der Waals surface area contributed by atoms with Gasteiger partial charge in [-0.2, -0.15) is 0 Å². The Hall–Kier alpha value is -1.24. The Balaban J connectivity index is 2.13. The molecule has 0 fully saturated rings. The van der Waals surface area contributed by atoms with Crippen molar-refractivity contribution >= 4 is 0 Å². The Morgan fingerprint density at radius 2 is 1.93 bits per heavy atom. The average Bonchev–Trinajstić information content (AvgIpc) is 2.68. The average molecular weight is 202 g/mol. The highest BCUT2D eigenvalue weighted by Crippen LogP contribution is 2.35. The van der Waals surface area contributed by atoms with Crippen molar-refractivity contribution in [2.45, 2.75) is 32.8 Å². The Bertz CT molecular complexity index is 337. The van der Waals surface area contributed by atoms with Gasteiger partial charge in [0.25, 0.3) is 0 Å². The van der Waals surface area contributed by atoms with Gasteiger partial charge in [0.1, 0.15) is 6.10 Å². The van der Waals surface area contributed by atoms with Crippen LogP contribution in [0.25, 0.3) is 0 Å². The third-order valence-electron chi connectivity index (χ3n) is 2.97.